The van der Waals surface area contributed by atoms with E-state index in [1.807, 2.05) is 25.2 Å². The van der Waals surface area contributed by atoms with E-state index in [2.05, 4.69) is 29.8 Å². The highest BCUT2D eigenvalue weighted by atomic mass is 16.2. The minimum absolute atomic E-state index is 0.130. The summed E-state index contributed by atoms with van der Waals surface area (Å²) in [6.45, 7) is 7.36. The van der Waals surface area contributed by atoms with Crippen LogP contribution in [0.4, 0.5) is 0 Å². The van der Waals surface area contributed by atoms with Gasteiger partial charge in [-0.05, 0) is 36.1 Å². The second kappa shape index (κ2) is 7.78. The molecule has 146 valence electrons. The highest BCUT2D eigenvalue weighted by molar-refractivity contribution is 6.05. The van der Waals surface area contributed by atoms with Crippen LogP contribution in [0, 0.1) is 5.41 Å². The summed E-state index contributed by atoms with van der Waals surface area (Å²) in [4.78, 5) is 37.7. The van der Waals surface area contributed by atoms with E-state index in [1.54, 1.807) is 4.90 Å². The molecule has 0 saturated carbocycles. The first-order chi connectivity index (χ1) is 12.8. The highest BCUT2D eigenvalue weighted by Gasteiger charge is 2.39. The summed E-state index contributed by atoms with van der Waals surface area (Å²) in [6, 6.07) is 5.28. The summed E-state index contributed by atoms with van der Waals surface area (Å²) in [6.07, 6.45) is 0.660. The third kappa shape index (κ3) is 4.36. The number of hydrogen-bond donors (Lipinski definition) is 3. The van der Waals surface area contributed by atoms with Crippen LogP contribution in [0.25, 0.3) is 0 Å². The maximum absolute atomic E-state index is 12.7. The lowest BCUT2D eigenvalue weighted by Crippen LogP contribution is -2.52. The summed E-state index contributed by atoms with van der Waals surface area (Å²) < 4.78 is 0. The Hall–Kier alpha value is -2.25. The van der Waals surface area contributed by atoms with E-state index >= 15 is 0 Å². The van der Waals surface area contributed by atoms with Gasteiger partial charge < -0.3 is 15.5 Å². The number of piperidine rings is 1. The van der Waals surface area contributed by atoms with Gasteiger partial charge in [0.15, 0.2) is 0 Å². The number of benzene rings is 1. The van der Waals surface area contributed by atoms with Gasteiger partial charge in [0.25, 0.3) is 5.91 Å². The summed E-state index contributed by atoms with van der Waals surface area (Å²) in [5.74, 6) is -0.773. The van der Waals surface area contributed by atoms with E-state index in [1.165, 1.54) is 0 Å². The lowest BCUT2D eigenvalue weighted by molar-refractivity contribution is -0.136. The van der Waals surface area contributed by atoms with Gasteiger partial charge in [-0.1, -0.05) is 26.0 Å². The molecule has 27 heavy (non-hydrogen) atoms. The van der Waals surface area contributed by atoms with E-state index in [4.69, 9.17) is 0 Å². The molecule has 0 aliphatic carbocycles. The zero-order chi connectivity index (χ0) is 19.6. The monoisotopic (exact) mass is 372 g/mol. The number of fused-ring (bicyclic) bond motifs is 1. The number of hydrogen-bond acceptors (Lipinski definition) is 5. The summed E-state index contributed by atoms with van der Waals surface area (Å²) in [5, 5.41) is 9.01. The van der Waals surface area contributed by atoms with Crippen molar-refractivity contribution in [3.63, 3.8) is 0 Å². The fourth-order valence-corrected chi connectivity index (χ4v) is 3.82. The number of nitrogens with zero attached hydrogens (tertiary/aromatic N) is 1. The Morgan fingerprint density at radius 1 is 1.22 bits per heavy atom. The van der Waals surface area contributed by atoms with Gasteiger partial charge in [-0.3, -0.25) is 19.7 Å². The van der Waals surface area contributed by atoms with E-state index in [0.29, 0.717) is 18.5 Å². The van der Waals surface area contributed by atoms with Crippen molar-refractivity contribution in [2.75, 3.05) is 20.1 Å². The highest BCUT2D eigenvalue weighted by Crippen LogP contribution is 2.28. The van der Waals surface area contributed by atoms with Gasteiger partial charge in [0.2, 0.25) is 11.8 Å². The van der Waals surface area contributed by atoms with Gasteiger partial charge in [0, 0.05) is 38.2 Å². The van der Waals surface area contributed by atoms with Gasteiger partial charge in [-0.2, -0.15) is 0 Å². The predicted octanol–water partition coefficient (Wildman–Crippen LogP) is 0.783. The number of carbonyl (C=O) groups is 3. The van der Waals surface area contributed by atoms with Gasteiger partial charge in [-0.15, -0.1) is 0 Å². The lowest BCUT2D eigenvalue weighted by atomic mass is 9.93. The van der Waals surface area contributed by atoms with Crippen LogP contribution in [-0.4, -0.2) is 48.8 Å². The molecule has 3 amide bonds. The zero-order valence-corrected chi connectivity index (χ0v) is 16.2. The third-order valence-electron chi connectivity index (χ3n) is 5.18. The smallest absolute Gasteiger partial charge is 0.255 e. The fraction of sp³-hybridized carbons (Fsp3) is 0.550. The average molecular weight is 372 g/mol. The quantitative estimate of drug-likeness (QED) is 0.616. The Labute approximate surface area is 159 Å². The molecule has 1 saturated heterocycles. The average Bonchev–Trinajstić information content (AvgIpc) is 2.91. The van der Waals surface area contributed by atoms with Gasteiger partial charge >= 0.3 is 0 Å². The van der Waals surface area contributed by atoms with E-state index in [0.717, 1.165) is 30.8 Å². The molecule has 3 rings (SSSR count). The molecule has 3 N–H and O–H groups in total. The standard InChI is InChI=1S/C20H28N4O3/c1-20(2,11-21-3)12-22-9-13-4-5-15-14(8-13)10-24(19(15)27)16-6-7-17(25)23-18(16)26/h4-5,8,16,21-22H,6-7,9-12H2,1-3H3,(H,23,25,26). The van der Waals surface area contributed by atoms with Crippen molar-refractivity contribution < 1.29 is 14.4 Å². The van der Waals surface area contributed by atoms with Crippen molar-refractivity contribution >= 4 is 17.7 Å². The van der Waals surface area contributed by atoms with Crippen molar-refractivity contribution in [3.05, 3.63) is 34.9 Å². The number of nitrogens with one attached hydrogen (secondary N) is 3. The predicted molar refractivity (Wildman–Crippen MR) is 102 cm³/mol. The second-order valence-corrected chi connectivity index (χ2v) is 8.19. The molecule has 1 fully saturated rings. The number of amides is 3. The summed E-state index contributed by atoms with van der Waals surface area (Å²) in [7, 11) is 1.95. The van der Waals surface area contributed by atoms with Gasteiger partial charge in [0.1, 0.15) is 6.04 Å². The lowest BCUT2D eigenvalue weighted by Gasteiger charge is -2.29. The molecule has 1 aromatic rings. The molecular weight excluding hydrogens is 344 g/mol. The second-order valence-electron chi connectivity index (χ2n) is 8.19. The largest absolute Gasteiger partial charge is 0.322 e. The topological polar surface area (TPSA) is 90.5 Å². The van der Waals surface area contributed by atoms with E-state index in [9.17, 15) is 14.4 Å². The van der Waals surface area contributed by atoms with Crippen LogP contribution in [0.2, 0.25) is 0 Å². The Morgan fingerprint density at radius 2 is 2.00 bits per heavy atom. The maximum Gasteiger partial charge on any atom is 0.255 e. The fourth-order valence-electron chi connectivity index (χ4n) is 3.82. The van der Waals surface area contributed by atoms with Crippen molar-refractivity contribution in [2.24, 2.45) is 5.41 Å². The molecule has 0 bridgehead atoms. The molecule has 2 aliphatic rings. The molecule has 1 aromatic carbocycles. The Morgan fingerprint density at radius 3 is 2.70 bits per heavy atom. The van der Waals surface area contributed by atoms with Crippen molar-refractivity contribution in [1.29, 1.82) is 0 Å². The van der Waals surface area contributed by atoms with E-state index in [-0.39, 0.29) is 29.6 Å². The van der Waals surface area contributed by atoms with Crippen LogP contribution in [0.3, 0.4) is 0 Å². The molecule has 0 radical (unpaired) electrons. The Kier molecular flexibility index (Phi) is 5.62. The molecule has 0 spiro atoms. The number of imide groups is 1. The van der Waals surface area contributed by atoms with Gasteiger partial charge in [0.05, 0.1) is 0 Å². The van der Waals surface area contributed by atoms with E-state index < -0.39 is 6.04 Å². The van der Waals surface area contributed by atoms with Crippen LogP contribution < -0.4 is 16.0 Å². The van der Waals surface area contributed by atoms with Crippen LogP contribution in [0.5, 0.6) is 0 Å². The number of rotatable bonds is 7. The SMILES string of the molecule is CNCC(C)(C)CNCc1ccc2c(c1)CN(C1CCC(=O)NC1=O)C2=O. The zero-order valence-electron chi connectivity index (χ0n) is 16.2. The molecule has 7 nitrogen and oxygen atoms in total. The minimum Gasteiger partial charge on any atom is -0.322 e. The first kappa shape index (κ1) is 19.5. The van der Waals surface area contributed by atoms with Gasteiger partial charge in [-0.25, -0.2) is 0 Å². The van der Waals surface area contributed by atoms with Crippen LogP contribution in [-0.2, 0) is 22.7 Å². The Balaban J connectivity index is 1.63. The molecular formula is C20H28N4O3. The molecule has 2 heterocycles. The Bertz CT molecular complexity index is 760. The molecule has 1 atom stereocenters. The van der Waals surface area contributed by atoms with Crippen molar-refractivity contribution in [2.45, 2.75) is 45.8 Å². The first-order valence-corrected chi connectivity index (χ1v) is 9.42. The minimum atomic E-state index is -0.563. The molecule has 2 aliphatic heterocycles. The molecule has 0 aromatic heterocycles. The van der Waals surface area contributed by atoms with Crippen molar-refractivity contribution in [3.8, 4) is 0 Å². The first-order valence-electron chi connectivity index (χ1n) is 9.42. The molecule has 1 unspecified atom stereocenters. The van der Waals surface area contributed by atoms with Crippen LogP contribution >= 0.6 is 0 Å². The normalized spacial score (nSPS) is 20.0. The maximum atomic E-state index is 12.7. The third-order valence-corrected chi connectivity index (χ3v) is 5.18. The van der Waals surface area contributed by atoms with Crippen LogP contribution in [0.15, 0.2) is 18.2 Å². The summed E-state index contributed by atoms with van der Waals surface area (Å²) in [5.41, 5.74) is 2.87. The summed E-state index contributed by atoms with van der Waals surface area (Å²) >= 11 is 0. The van der Waals surface area contributed by atoms with Crippen LogP contribution in [0.1, 0.15) is 48.2 Å². The van der Waals surface area contributed by atoms with Crippen molar-refractivity contribution in [1.82, 2.24) is 20.9 Å². The molecule has 7 heteroatoms. The number of carbonyl (C=O) groups excluding carboxylic acids is 3.